The molecule has 0 aliphatic carbocycles. The minimum atomic E-state index is -4.62. The smallest absolute Gasteiger partial charge is 0.347 e. The maximum Gasteiger partial charge on any atom is 0.434 e. The number of pyridine rings is 1. The van der Waals surface area contributed by atoms with Crippen molar-refractivity contribution < 1.29 is 18.0 Å². The lowest BCUT2D eigenvalue weighted by molar-refractivity contribution is -0.141. The summed E-state index contributed by atoms with van der Waals surface area (Å²) < 4.78 is 37.7. The Morgan fingerprint density at radius 3 is 2.63 bits per heavy atom. The van der Waals surface area contributed by atoms with Crippen molar-refractivity contribution in [1.29, 1.82) is 0 Å². The predicted molar refractivity (Wildman–Crippen MR) is 62.5 cm³/mol. The van der Waals surface area contributed by atoms with Crippen molar-refractivity contribution in [2.75, 3.05) is 0 Å². The number of thiazole rings is 1. The van der Waals surface area contributed by atoms with Gasteiger partial charge in [-0.3, -0.25) is 9.78 Å². The molecule has 0 atom stereocenters. The van der Waals surface area contributed by atoms with Gasteiger partial charge in [0.25, 0.3) is 5.91 Å². The number of carbonyl (C=O) groups excluding carboxylic acids is 1. The Bertz CT molecular complexity index is 568. The number of alkyl halides is 3. The molecule has 1 N–H and O–H groups in total. The molecule has 0 saturated carbocycles. The van der Waals surface area contributed by atoms with E-state index >= 15 is 0 Å². The normalized spacial score (nSPS) is 11.3. The summed E-state index contributed by atoms with van der Waals surface area (Å²) in [6.45, 7) is 0.135. The minimum absolute atomic E-state index is 0.135. The van der Waals surface area contributed by atoms with Crippen molar-refractivity contribution in [2.24, 2.45) is 0 Å². The fourth-order valence-electron chi connectivity index (χ4n) is 1.37. The molecule has 2 aromatic heterocycles. The molecule has 0 radical (unpaired) electrons. The van der Waals surface area contributed by atoms with Gasteiger partial charge < -0.3 is 5.32 Å². The quantitative estimate of drug-likeness (QED) is 0.943. The van der Waals surface area contributed by atoms with E-state index in [1.54, 1.807) is 12.1 Å². The van der Waals surface area contributed by atoms with Crippen molar-refractivity contribution in [2.45, 2.75) is 12.7 Å². The van der Waals surface area contributed by atoms with E-state index in [2.05, 4.69) is 15.3 Å². The van der Waals surface area contributed by atoms with Crippen LogP contribution < -0.4 is 5.32 Å². The van der Waals surface area contributed by atoms with Crippen molar-refractivity contribution in [1.82, 2.24) is 15.3 Å². The van der Waals surface area contributed by atoms with Crippen LogP contribution in [-0.2, 0) is 12.7 Å². The summed E-state index contributed by atoms with van der Waals surface area (Å²) in [5.74, 6) is -0.786. The highest BCUT2D eigenvalue weighted by molar-refractivity contribution is 7.11. The average Bonchev–Trinajstić information content (AvgIpc) is 2.86. The summed E-state index contributed by atoms with van der Waals surface area (Å²) >= 11 is 0.664. The number of halogens is 3. The highest BCUT2D eigenvalue weighted by Gasteiger charge is 2.38. The molecule has 0 aliphatic rings. The van der Waals surface area contributed by atoms with Crippen LogP contribution in [0.2, 0.25) is 0 Å². The molecule has 0 saturated heterocycles. The SMILES string of the molecule is O=C(NCc1ccncc1)c1scnc1C(F)(F)F. The molecular weight excluding hydrogens is 279 g/mol. The van der Waals surface area contributed by atoms with Gasteiger partial charge in [-0.15, -0.1) is 11.3 Å². The molecule has 0 spiro atoms. The van der Waals surface area contributed by atoms with Crippen LogP contribution in [0.3, 0.4) is 0 Å². The zero-order valence-electron chi connectivity index (χ0n) is 9.44. The molecule has 0 bridgehead atoms. The molecule has 0 fully saturated rings. The number of hydrogen-bond donors (Lipinski definition) is 1. The first-order chi connectivity index (χ1) is 8.98. The van der Waals surface area contributed by atoms with Crippen molar-refractivity contribution in [3.63, 3.8) is 0 Å². The number of nitrogens with zero attached hydrogens (tertiary/aromatic N) is 2. The van der Waals surface area contributed by atoms with Gasteiger partial charge in [-0.1, -0.05) is 0 Å². The molecular formula is C11H8F3N3OS. The average molecular weight is 287 g/mol. The Morgan fingerprint density at radius 2 is 2.00 bits per heavy atom. The first kappa shape index (κ1) is 13.5. The summed E-state index contributed by atoms with van der Waals surface area (Å²) in [5.41, 5.74) is 0.607. The van der Waals surface area contributed by atoms with Gasteiger partial charge >= 0.3 is 6.18 Å². The van der Waals surface area contributed by atoms with Gasteiger partial charge in [0.05, 0.1) is 5.51 Å². The summed E-state index contributed by atoms with van der Waals surface area (Å²) in [6.07, 6.45) is -1.55. The molecule has 0 aromatic carbocycles. The highest BCUT2D eigenvalue weighted by atomic mass is 32.1. The molecule has 8 heteroatoms. The first-order valence-electron chi connectivity index (χ1n) is 5.16. The van der Waals surface area contributed by atoms with E-state index in [0.29, 0.717) is 11.3 Å². The van der Waals surface area contributed by atoms with Crippen molar-refractivity contribution in [3.8, 4) is 0 Å². The third-order valence-corrected chi connectivity index (χ3v) is 3.07. The van der Waals surface area contributed by atoms with E-state index in [4.69, 9.17) is 0 Å². The van der Waals surface area contributed by atoms with E-state index in [-0.39, 0.29) is 6.54 Å². The summed E-state index contributed by atoms with van der Waals surface area (Å²) in [4.78, 5) is 18.2. The Kier molecular flexibility index (Phi) is 3.79. The van der Waals surface area contributed by atoms with Crippen LogP contribution in [0, 0.1) is 0 Å². The zero-order valence-corrected chi connectivity index (χ0v) is 10.3. The third-order valence-electron chi connectivity index (χ3n) is 2.24. The highest BCUT2D eigenvalue weighted by Crippen LogP contribution is 2.32. The molecule has 2 aromatic rings. The van der Waals surface area contributed by atoms with Crippen molar-refractivity contribution in [3.05, 3.63) is 46.2 Å². The Balaban J connectivity index is 2.07. The largest absolute Gasteiger partial charge is 0.434 e. The van der Waals surface area contributed by atoms with E-state index in [1.807, 2.05) is 0 Å². The van der Waals surface area contributed by atoms with E-state index in [1.165, 1.54) is 12.4 Å². The minimum Gasteiger partial charge on any atom is -0.347 e. The summed E-state index contributed by atoms with van der Waals surface area (Å²) in [5, 5.41) is 2.42. The number of nitrogens with one attached hydrogen (secondary N) is 1. The zero-order chi connectivity index (χ0) is 13.9. The second-order valence-corrected chi connectivity index (χ2v) is 4.42. The van der Waals surface area contributed by atoms with Crippen molar-refractivity contribution >= 4 is 17.2 Å². The molecule has 1 amide bonds. The van der Waals surface area contributed by atoms with Crippen LogP contribution in [0.4, 0.5) is 13.2 Å². The third kappa shape index (κ3) is 3.28. The predicted octanol–water partition coefficient (Wildman–Crippen LogP) is 2.49. The summed E-state index contributed by atoms with van der Waals surface area (Å²) in [7, 11) is 0. The van der Waals surface area contributed by atoms with Crippen LogP contribution in [0.1, 0.15) is 20.9 Å². The Labute approximate surface area is 110 Å². The summed E-state index contributed by atoms with van der Waals surface area (Å²) in [6, 6.07) is 3.33. The second-order valence-electron chi connectivity index (χ2n) is 3.57. The van der Waals surface area contributed by atoms with E-state index in [9.17, 15) is 18.0 Å². The molecule has 2 heterocycles. The van der Waals surface area contributed by atoms with Gasteiger partial charge in [-0.05, 0) is 17.7 Å². The Hall–Kier alpha value is -1.96. The Morgan fingerprint density at radius 1 is 1.32 bits per heavy atom. The van der Waals surface area contributed by atoms with Crippen LogP contribution in [-0.4, -0.2) is 15.9 Å². The standard InChI is InChI=1S/C11H8F3N3OS/c12-11(13,14)9-8(19-6-17-9)10(18)16-5-7-1-3-15-4-2-7/h1-4,6H,5H2,(H,16,18). The maximum absolute atomic E-state index is 12.6. The molecule has 0 unspecified atom stereocenters. The van der Waals surface area contributed by atoms with Crippen LogP contribution in [0.5, 0.6) is 0 Å². The van der Waals surface area contributed by atoms with E-state index < -0.39 is 22.7 Å². The molecule has 19 heavy (non-hydrogen) atoms. The number of carbonyl (C=O) groups is 1. The van der Waals surface area contributed by atoms with Crippen LogP contribution >= 0.6 is 11.3 Å². The fraction of sp³-hybridized carbons (Fsp3) is 0.182. The van der Waals surface area contributed by atoms with Gasteiger partial charge in [-0.2, -0.15) is 13.2 Å². The molecule has 2 rings (SSSR count). The molecule has 100 valence electrons. The van der Waals surface area contributed by atoms with Gasteiger partial charge in [0.2, 0.25) is 0 Å². The van der Waals surface area contributed by atoms with Gasteiger partial charge in [-0.25, -0.2) is 4.98 Å². The molecule has 4 nitrogen and oxygen atoms in total. The number of amides is 1. The maximum atomic E-state index is 12.6. The van der Waals surface area contributed by atoms with Gasteiger partial charge in [0.15, 0.2) is 5.69 Å². The lowest BCUT2D eigenvalue weighted by Crippen LogP contribution is -2.24. The van der Waals surface area contributed by atoms with Crippen LogP contribution in [0.25, 0.3) is 0 Å². The molecule has 0 aliphatic heterocycles. The fourth-order valence-corrected chi connectivity index (χ4v) is 2.10. The topological polar surface area (TPSA) is 54.9 Å². The van der Waals surface area contributed by atoms with Gasteiger partial charge in [0.1, 0.15) is 4.88 Å². The number of rotatable bonds is 3. The van der Waals surface area contributed by atoms with E-state index in [0.717, 1.165) is 11.1 Å². The number of aromatic nitrogens is 2. The lowest BCUT2D eigenvalue weighted by Gasteiger charge is -2.07. The first-order valence-corrected chi connectivity index (χ1v) is 6.04. The lowest BCUT2D eigenvalue weighted by atomic mass is 10.2. The monoisotopic (exact) mass is 287 g/mol. The van der Waals surface area contributed by atoms with Crippen LogP contribution in [0.15, 0.2) is 30.0 Å². The second kappa shape index (κ2) is 5.35. The number of hydrogen-bond acceptors (Lipinski definition) is 4. The van der Waals surface area contributed by atoms with Gasteiger partial charge in [0, 0.05) is 18.9 Å².